The van der Waals surface area contributed by atoms with Crippen molar-refractivity contribution < 1.29 is 0 Å². The number of hydrogen-bond donors (Lipinski definition) is 0. The van der Waals surface area contributed by atoms with Crippen molar-refractivity contribution in [2.45, 2.75) is 73.3 Å². The molecule has 26 heavy (non-hydrogen) atoms. The number of fused-ring (bicyclic) bond motifs is 3. The second-order valence-electron chi connectivity index (χ2n) is 8.92. The van der Waals surface area contributed by atoms with Crippen LogP contribution in [0.5, 0.6) is 0 Å². The number of para-hydroxylation sites is 1. The predicted molar refractivity (Wildman–Crippen MR) is 114 cm³/mol. The molecule has 3 rings (SSSR count). The summed E-state index contributed by atoms with van der Waals surface area (Å²) in [6.07, 6.45) is 7.05. The van der Waals surface area contributed by atoms with Gasteiger partial charge in [0, 0.05) is 23.2 Å². The summed E-state index contributed by atoms with van der Waals surface area (Å²) < 4.78 is 2.54. The minimum atomic E-state index is 0.159. The van der Waals surface area contributed by atoms with E-state index in [4.69, 9.17) is 4.99 Å². The minimum Gasteiger partial charge on any atom is -0.322 e. The molecule has 1 aliphatic carbocycles. The van der Waals surface area contributed by atoms with Crippen molar-refractivity contribution in [3.05, 3.63) is 39.7 Å². The molecule has 140 valence electrons. The van der Waals surface area contributed by atoms with Crippen molar-refractivity contribution in [2.75, 3.05) is 6.54 Å². The third-order valence-corrected chi connectivity index (χ3v) is 5.79. The summed E-state index contributed by atoms with van der Waals surface area (Å²) in [5, 5.41) is 4.11. The lowest BCUT2D eigenvalue weighted by molar-refractivity contribution is 0.261. The van der Waals surface area contributed by atoms with E-state index in [0.717, 1.165) is 19.4 Å². The quantitative estimate of drug-likeness (QED) is 0.767. The Kier molecular flexibility index (Phi) is 5.14. The first-order valence-electron chi connectivity index (χ1n) is 10.1. The van der Waals surface area contributed by atoms with E-state index in [2.05, 4.69) is 83.4 Å². The Morgan fingerprint density at radius 1 is 1.04 bits per heavy atom. The van der Waals surface area contributed by atoms with Gasteiger partial charge < -0.3 is 4.57 Å². The first kappa shape index (κ1) is 18.9. The average molecular weight is 351 g/mol. The molecular formula is C24H34N2. The Morgan fingerprint density at radius 2 is 1.69 bits per heavy atom. The fourth-order valence-corrected chi connectivity index (χ4v) is 3.97. The van der Waals surface area contributed by atoms with Crippen molar-refractivity contribution in [3.63, 3.8) is 0 Å². The lowest BCUT2D eigenvalue weighted by Crippen LogP contribution is -2.49. The molecule has 0 aliphatic heterocycles. The summed E-state index contributed by atoms with van der Waals surface area (Å²) in [5.41, 5.74) is 4.13. The normalized spacial score (nSPS) is 16.4. The number of pyridine rings is 1. The number of rotatable bonds is 3. The van der Waals surface area contributed by atoms with E-state index < -0.39 is 0 Å². The van der Waals surface area contributed by atoms with Crippen LogP contribution in [0.15, 0.2) is 23.2 Å². The van der Waals surface area contributed by atoms with E-state index in [1.54, 1.807) is 0 Å². The van der Waals surface area contributed by atoms with Gasteiger partial charge in [-0.1, -0.05) is 65.0 Å². The van der Waals surface area contributed by atoms with Crippen molar-refractivity contribution in [2.24, 2.45) is 10.4 Å². The minimum absolute atomic E-state index is 0.159. The molecule has 0 spiro atoms. The highest BCUT2D eigenvalue weighted by Crippen LogP contribution is 2.33. The topological polar surface area (TPSA) is 17.3 Å². The van der Waals surface area contributed by atoms with Gasteiger partial charge in [-0.05, 0) is 48.8 Å². The van der Waals surface area contributed by atoms with E-state index in [0.29, 0.717) is 12.0 Å². The summed E-state index contributed by atoms with van der Waals surface area (Å²) in [6, 6.07) is 7.18. The molecule has 1 atom stereocenters. The van der Waals surface area contributed by atoms with Crippen molar-refractivity contribution in [1.29, 1.82) is 0 Å². The molecule has 0 N–H and O–H groups in total. The van der Waals surface area contributed by atoms with Gasteiger partial charge in [-0.3, -0.25) is 4.99 Å². The first-order chi connectivity index (χ1) is 12.3. The van der Waals surface area contributed by atoms with Crippen LogP contribution in [-0.2, 0) is 0 Å². The fourth-order valence-electron chi connectivity index (χ4n) is 3.97. The van der Waals surface area contributed by atoms with E-state index in [1.165, 1.54) is 32.4 Å². The van der Waals surface area contributed by atoms with Gasteiger partial charge in [0.15, 0.2) is 0 Å². The molecule has 1 heterocycles. The van der Waals surface area contributed by atoms with Crippen LogP contribution in [0, 0.1) is 5.41 Å². The largest absolute Gasteiger partial charge is 0.322 e. The van der Waals surface area contributed by atoms with Gasteiger partial charge in [0.2, 0.25) is 0 Å². The molecule has 1 aromatic heterocycles. The highest BCUT2D eigenvalue weighted by atomic mass is 15.1. The van der Waals surface area contributed by atoms with Crippen LogP contribution < -0.4 is 15.9 Å². The molecule has 1 aliphatic rings. The zero-order chi connectivity index (χ0) is 19.1. The highest BCUT2D eigenvalue weighted by Gasteiger charge is 2.25. The zero-order valence-corrected chi connectivity index (χ0v) is 17.6. The number of benzene rings is 1. The predicted octanol–water partition coefficient (Wildman–Crippen LogP) is 4.65. The zero-order valence-electron chi connectivity index (χ0n) is 17.6. The van der Waals surface area contributed by atoms with Crippen LogP contribution in [0.2, 0.25) is 0 Å². The summed E-state index contributed by atoms with van der Waals surface area (Å²) >= 11 is 0. The molecule has 0 radical (unpaired) electrons. The molecule has 0 amide bonds. The number of aromatic nitrogens is 1. The molecule has 1 unspecified atom stereocenters. The second kappa shape index (κ2) is 7.06. The van der Waals surface area contributed by atoms with E-state index in [9.17, 15) is 0 Å². The monoisotopic (exact) mass is 350 g/mol. The maximum absolute atomic E-state index is 5.02. The molecule has 2 nitrogen and oxygen atoms in total. The maximum atomic E-state index is 5.02. The summed E-state index contributed by atoms with van der Waals surface area (Å²) in [7, 11) is 0. The first-order valence-corrected chi connectivity index (χ1v) is 10.1. The van der Waals surface area contributed by atoms with Crippen LogP contribution in [0.1, 0.15) is 78.8 Å². The van der Waals surface area contributed by atoms with Crippen LogP contribution in [0.3, 0.4) is 0 Å². The van der Waals surface area contributed by atoms with Crippen molar-refractivity contribution in [3.8, 4) is 0 Å². The van der Waals surface area contributed by atoms with Crippen LogP contribution in [-0.4, -0.2) is 11.1 Å². The molecular weight excluding hydrogens is 316 g/mol. The molecule has 0 fully saturated rings. The Hall–Kier alpha value is -1.83. The molecule has 0 saturated heterocycles. The van der Waals surface area contributed by atoms with Gasteiger partial charge >= 0.3 is 0 Å². The van der Waals surface area contributed by atoms with Gasteiger partial charge in [0.1, 0.15) is 5.49 Å². The van der Waals surface area contributed by atoms with Crippen LogP contribution in [0.4, 0.5) is 0 Å². The second-order valence-corrected chi connectivity index (χ2v) is 8.92. The van der Waals surface area contributed by atoms with Gasteiger partial charge in [0.25, 0.3) is 0 Å². The highest BCUT2D eigenvalue weighted by molar-refractivity contribution is 5.84. The molecule has 0 saturated carbocycles. The SMILES string of the molecule is CCN=c1c2c(c3cccc(C(C)C)c3n1C(C)C(C)(C)C)=CCCC=2. The van der Waals surface area contributed by atoms with Crippen LogP contribution in [0.25, 0.3) is 23.1 Å². The smallest absolute Gasteiger partial charge is 0.135 e. The average Bonchev–Trinajstić information content (AvgIpc) is 2.60. The molecule has 2 aromatic rings. The fraction of sp³-hybridized carbons (Fsp3) is 0.542. The van der Waals surface area contributed by atoms with Gasteiger partial charge in [-0.2, -0.15) is 0 Å². The van der Waals surface area contributed by atoms with Gasteiger partial charge in [-0.25, -0.2) is 0 Å². The summed E-state index contributed by atoms with van der Waals surface area (Å²) in [4.78, 5) is 5.02. The molecule has 2 heteroatoms. The molecule has 0 bridgehead atoms. The van der Waals surface area contributed by atoms with Crippen LogP contribution >= 0.6 is 0 Å². The summed E-state index contributed by atoms with van der Waals surface area (Å²) in [6.45, 7) is 16.9. The standard InChI is InChI=1S/C24H34N2/c1-8-25-23-21-13-10-9-12-19(21)20-15-11-14-18(16(2)3)22(20)26(23)17(4)24(5,6)7/h11-17H,8-10H2,1-7H3. The lowest BCUT2D eigenvalue weighted by Gasteiger charge is -2.33. The Bertz CT molecular complexity index is 998. The third-order valence-electron chi connectivity index (χ3n) is 5.79. The maximum Gasteiger partial charge on any atom is 0.135 e. The van der Waals surface area contributed by atoms with E-state index in [-0.39, 0.29) is 5.41 Å². The number of nitrogens with zero attached hydrogens (tertiary/aromatic N) is 2. The molecule has 1 aromatic carbocycles. The van der Waals surface area contributed by atoms with Gasteiger partial charge in [-0.15, -0.1) is 0 Å². The Labute approximate surface area is 158 Å². The van der Waals surface area contributed by atoms with Gasteiger partial charge in [0.05, 0.1) is 5.52 Å². The summed E-state index contributed by atoms with van der Waals surface area (Å²) in [5.74, 6) is 0.484. The van der Waals surface area contributed by atoms with E-state index in [1.807, 2.05) is 0 Å². The van der Waals surface area contributed by atoms with Crippen molar-refractivity contribution in [1.82, 2.24) is 4.57 Å². The Morgan fingerprint density at radius 3 is 2.27 bits per heavy atom. The van der Waals surface area contributed by atoms with Crippen molar-refractivity contribution >= 4 is 23.1 Å². The number of hydrogen-bond acceptors (Lipinski definition) is 1. The van der Waals surface area contributed by atoms with E-state index >= 15 is 0 Å². The third kappa shape index (κ3) is 3.15. The Balaban J connectivity index is 2.66. The lowest BCUT2D eigenvalue weighted by atomic mass is 9.86.